The summed E-state index contributed by atoms with van der Waals surface area (Å²) in [6.45, 7) is 3.65. The standard InChI is InChI=1S/C7H15N2O.Am/c1-8-4-5-10-7-2-3-9-6-7;/h7-8H,2-6H2,1H3;/q-1;. The van der Waals surface area contributed by atoms with E-state index in [9.17, 15) is 0 Å². The Balaban J connectivity index is 0.000001000. The molecule has 0 bridgehead atoms. The molecule has 1 radical (unpaired) electrons. The summed E-state index contributed by atoms with van der Waals surface area (Å²) < 4.78 is 5.49. The van der Waals surface area contributed by atoms with Gasteiger partial charge in [0.2, 0.25) is 0 Å². The molecule has 0 aromatic rings. The molecule has 0 spiro atoms. The maximum Gasteiger partial charge on any atom is 0.0593 e. The molecule has 0 aliphatic carbocycles. The smallest absolute Gasteiger partial charge is 0.0593 e. The maximum atomic E-state index is 5.49. The van der Waals surface area contributed by atoms with Gasteiger partial charge < -0.3 is 15.4 Å². The molecule has 0 aromatic heterocycles. The number of hydrogen-bond acceptors (Lipinski definition) is 2. The molecule has 3 nitrogen and oxygen atoms in total. The van der Waals surface area contributed by atoms with Crippen LogP contribution in [0.1, 0.15) is 6.42 Å². The zero-order valence-corrected chi connectivity index (χ0v) is 9.99. The fraction of sp³-hybridized carbons (Fsp3) is 1.00. The Labute approximate surface area is 76.1 Å². The first-order chi connectivity index (χ1) is 4.93. The molecule has 1 aliphatic heterocycles. The van der Waals surface area contributed by atoms with E-state index in [0.29, 0.717) is 6.10 Å². The Bertz CT molecular complexity index is 86.5. The minimum Gasteiger partial charge on any atom is -0.660 e. The fourth-order valence-corrected chi connectivity index (χ4v) is 1.03. The van der Waals surface area contributed by atoms with Crippen molar-refractivity contribution < 1.29 is 19.0 Å². The molecular formula is C7H15AmN2O-. The normalized spacial score (nSPS) is 23.2. The summed E-state index contributed by atoms with van der Waals surface area (Å²) in [6, 6.07) is 0. The first-order valence-electron chi connectivity index (χ1n) is 3.83. The van der Waals surface area contributed by atoms with Gasteiger partial charge in [0.1, 0.15) is 0 Å². The number of likely N-dealkylation sites (N-methyl/N-ethyl adjacent to an activating group) is 1. The molecular weight excluding hydrogens is 371 g/mol. The Morgan fingerprint density at radius 2 is 2.45 bits per heavy atom. The van der Waals surface area contributed by atoms with Crippen molar-refractivity contribution in [2.75, 3.05) is 33.3 Å². The summed E-state index contributed by atoms with van der Waals surface area (Å²) in [5.74, 6) is 0. The van der Waals surface area contributed by atoms with E-state index in [1.165, 1.54) is 0 Å². The van der Waals surface area contributed by atoms with Crippen LogP contribution in [-0.4, -0.2) is 39.4 Å². The van der Waals surface area contributed by atoms with Gasteiger partial charge >= 0.3 is 0 Å². The van der Waals surface area contributed by atoms with E-state index in [1.807, 2.05) is 7.05 Å². The minimum atomic E-state index is 0. The minimum absolute atomic E-state index is 0. The number of nitrogens with zero attached hydrogens (tertiary/aromatic N) is 1. The third kappa shape index (κ3) is 4.67. The zero-order chi connectivity index (χ0) is 7.23. The largest absolute Gasteiger partial charge is 0.660 e. The van der Waals surface area contributed by atoms with Gasteiger partial charge in [0, 0.05) is 26.9 Å². The second-order valence-electron chi connectivity index (χ2n) is 2.51. The van der Waals surface area contributed by atoms with Crippen molar-refractivity contribution in [1.82, 2.24) is 5.32 Å². The monoisotopic (exact) mass is 384 g/mol. The number of rotatable bonds is 4. The maximum absolute atomic E-state index is 5.49. The number of hydrogen-bond donors (Lipinski definition) is 1. The molecule has 1 unspecified atom stereocenters. The van der Waals surface area contributed by atoms with Crippen molar-refractivity contribution in [3.63, 3.8) is 0 Å². The van der Waals surface area contributed by atoms with E-state index in [0.717, 1.165) is 32.7 Å². The Kier molecular flexibility index (Phi) is 7.12. The van der Waals surface area contributed by atoms with E-state index in [2.05, 4.69) is 10.6 Å². The van der Waals surface area contributed by atoms with Gasteiger partial charge in [0.25, 0.3) is 0 Å². The van der Waals surface area contributed by atoms with Gasteiger partial charge in [-0.2, -0.15) is 0 Å². The van der Waals surface area contributed by atoms with Gasteiger partial charge in [-0.25, -0.2) is 0 Å². The fourth-order valence-electron chi connectivity index (χ4n) is 1.03. The van der Waals surface area contributed by atoms with Gasteiger partial charge in [-0.1, -0.05) is 0 Å². The van der Waals surface area contributed by atoms with Crippen LogP contribution in [0, 0.1) is 14.3 Å². The Morgan fingerprint density at radius 1 is 1.64 bits per heavy atom. The van der Waals surface area contributed by atoms with Gasteiger partial charge in [0.05, 0.1) is 6.61 Å². The van der Waals surface area contributed by atoms with Gasteiger partial charge in [-0.15, -0.1) is 13.1 Å². The molecule has 1 heterocycles. The van der Waals surface area contributed by atoms with Crippen LogP contribution in [0.3, 0.4) is 0 Å². The van der Waals surface area contributed by atoms with Crippen molar-refractivity contribution in [2.24, 2.45) is 0 Å². The van der Waals surface area contributed by atoms with Gasteiger partial charge in [0.15, 0.2) is 0 Å². The Morgan fingerprint density at radius 3 is 3.00 bits per heavy atom. The molecule has 1 aliphatic rings. The van der Waals surface area contributed by atoms with Crippen molar-refractivity contribution in [2.45, 2.75) is 12.5 Å². The van der Waals surface area contributed by atoms with E-state index in [4.69, 9.17) is 4.74 Å². The predicted octanol–water partition coefficient (Wildman–Crippen LogP) is 0.368. The average molecular weight is 386 g/mol. The second-order valence-corrected chi connectivity index (χ2v) is 2.51. The van der Waals surface area contributed by atoms with E-state index >= 15 is 0 Å². The van der Waals surface area contributed by atoms with Crippen molar-refractivity contribution in [1.29, 1.82) is 0 Å². The van der Waals surface area contributed by atoms with Crippen LogP contribution in [0.4, 0.5) is 0 Å². The van der Waals surface area contributed by atoms with Gasteiger partial charge in [-0.3, -0.25) is 0 Å². The van der Waals surface area contributed by atoms with Crippen LogP contribution in [0.15, 0.2) is 0 Å². The molecule has 0 aromatic carbocycles. The van der Waals surface area contributed by atoms with E-state index in [-0.39, 0.29) is 14.3 Å². The van der Waals surface area contributed by atoms with Crippen molar-refractivity contribution in [3.05, 3.63) is 5.32 Å². The molecule has 1 N–H and O–H groups in total. The summed E-state index contributed by atoms with van der Waals surface area (Å²) in [4.78, 5) is 0. The molecule has 4 heteroatoms. The second kappa shape index (κ2) is 6.95. The van der Waals surface area contributed by atoms with Gasteiger partial charge in [-0.05, 0) is 13.5 Å². The summed E-state index contributed by atoms with van der Waals surface area (Å²) in [5, 5.41) is 7.23. The first-order valence-corrected chi connectivity index (χ1v) is 3.83. The molecule has 11 heavy (non-hydrogen) atoms. The molecule has 0 amide bonds. The predicted molar refractivity (Wildman–Crippen MR) is 41.4 cm³/mol. The topological polar surface area (TPSA) is 35.4 Å². The molecule has 1 rings (SSSR count). The summed E-state index contributed by atoms with van der Waals surface area (Å²) in [5.41, 5.74) is 0. The third-order valence-corrected chi connectivity index (χ3v) is 1.65. The summed E-state index contributed by atoms with van der Waals surface area (Å²) in [6.07, 6.45) is 1.53. The van der Waals surface area contributed by atoms with Crippen LogP contribution in [0.5, 0.6) is 0 Å². The average Bonchev–Trinajstić information content (AvgIpc) is 2.41. The molecule has 1 atom stereocenters. The molecule has 67 valence electrons. The summed E-state index contributed by atoms with van der Waals surface area (Å²) in [7, 11) is 1.93. The first kappa shape index (κ1) is 11.3. The van der Waals surface area contributed by atoms with Crippen molar-refractivity contribution >= 4 is 0 Å². The third-order valence-electron chi connectivity index (χ3n) is 1.65. The quantitative estimate of drug-likeness (QED) is 0.709. The zero-order valence-electron chi connectivity index (χ0n) is 6.85. The molecule has 1 saturated heterocycles. The van der Waals surface area contributed by atoms with Crippen LogP contribution in [-0.2, 0) is 4.74 Å². The van der Waals surface area contributed by atoms with Crippen molar-refractivity contribution in [3.8, 4) is 0 Å². The SMILES string of the molecule is CNCCOC1CC[N-]C1.[Am]. The molecule has 1 fully saturated rings. The van der Waals surface area contributed by atoms with E-state index in [1.54, 1.807) is 0 Å². The number of ether oxygens (including phenoxy) is 1. The van der Waals surface area contributed by atoms with Crippen LogP contribution < -0.4 is 5.32 Å². The number of nitrogens with one attached hydrogen (secondary N) is 1. The van der Waals surface area contributed by atoms with Crippen LogP contribution in [0.25, 0.3) is 5.32 Å². The molecule has 0 saturated carbocycles. The summed E-state index contributed by atoms with van der Waals surface area (Å²) >= 11 is 0. The Hall–Kier alpha value is 0.270. The van der Waals surface area contributed by atoms with E-state index < -0.39 is 0 Å². The van der Waals surface area contributed by atoms with Crippen LogP contribution in [0.2, 0.25) is 0 Å². The van der Waals surface area contributed by atoms with Crippen LogP contribution >= 0.6 is 0 Å².